The van der Waals surface area contributed by atoms with Gasteiger partial charge >= 0.3 is 5.97 Å². The van der Waals surface area contributed by atoms with Gasteiger partial charge in [-0.3, -0.25) is 4.79 Å². The molecule has 19 heavy (non-hydrogen) atoms. The Morgan fingerprint density at radius 3 is 2.74 bits per heavy atom. The SMILES string of the molecule is CC1=C2C(=CC3=CC(=O)C[C@H](C)[C@@]3(C)[C@@H]2O)OC1=O. The summed E-state index contributed by atoms with van der Waals surface area (Å²) in [5.41, 5.74) is 1.25. The summed E-state index contributed by atoms with van der Waals surface area (Å²) < 4.78 is 5.15. The number of fused-ring (bicyclic) bond motifs is 2. The van der Waals surface area contributed by atoms with Crippen LogP contribution in [0.4, 0.5) is 0 Å². The summed E-state index contributed by atoms with van der Waals surface area (Å²) in [4.78, 5) is 23.3. The number of ketones is 1. The first kappa shape index (κ1) is 12.4. The number of hydrogen-bond acceptors (Lipinski definition) is 4. The lowest BCUT2D eigenvalue weighted by molar-refractivity contribution is -0.133. The third-order valence-corrected chi connectivity index (χ3v) is 4.78. The monoisotopic (exact) mass is 260 g/mol. The third kappa shape index (κ3) is 1.43. The van der Waals surface area contributed by atoms with Crippen molar-refractivity contribution < 1.29 is 19.4 Å². The number of carbonyl (C=O) groups is 2. The fraction of sp³-hybridized carbons (Fsp3) is 0.467. The van der Waals surface area contributed by atoms with E-state index in [-0.39, 0.29) is 11.7 Å². The fourth-order valence-corrected chi connectivity index (χ4v) is 3.22. The number of aliphatic hydroxyl groups excluding tert-OH is 1. The highest BCUT2D eigenvalue weighted by Crippen LogP contribution is 2.52. The molecule has 3 aliphatic rings. The number of allylic oxidation sites excluding steroid dienone is 2. The predicted molar refractivity (Wildman–Crippen MR) is 67.9 cm³/mol. The molecule has 4 nitrogen and oxygen atoms in total. The molecule has 0 amide bonds. The minimum atomic E-state index is -0.812. The number of rotatable bonds is 0. The molecule has 0 saturated carbocycles. The maximum atomic E-state index is 11.7. The second-order valence-electron chi connectivity index (χ2n) is 5.79. The van der Waals surface area contributed by atoms with Crippen LogP contribution in [0.5, 0.6) is 0 Å². The summed E-state index contributed by atoms with van der Waals surface area (Å²) in [6, 6.07) is 0. The van der Waals surface area contributed by atoms with Gasteiger partial charge in [0, 0.05) is 23.0 Å². The van der Waals surface area contributed by atoms with Crippen LogP contribution in [0, 0.1) is 11.3 Å². The lowest BCUT2D eigenvalue weighted by atomic mass is 9.59. The molecule has 0 saturated heterocycles. The topological polar surface area (TPSA) is 63.6 Å². The molecule has 3 atom stereocenters. The van der Waals surface area contributed by atoms with Gasteiger partial charge < -0.3 is 9.84 Å². The van der Waals surface area contributed by atoms with Crippen LogP contribution in [0.1, 0.15) is 27.2 Å². The first-order valence-electron chi connectivity index (χ1n) is 6.43. The highest BCUT2D eigenvalue weighted by atomic mass is 16.5. The summed E-state index contributed by atoms with van der Waals surface area (Å²) >= 11 is 0. The Labute approximate surface area is 111 Å². The zero-order chi connectivity index (χ0) is 13.9. The van der Waals surface area contributed by atoms with Gasteiger partial charge in [-0.15, -0.1) is 0 Å². The van der Waals surface area contributed by atoms with Crippen LogP contribution >= 0.6 is 0 Å². The molecule has 2 aliphatic carbocycles. The van der Waals surface area contributed by atoms with Crippen molar-refractivity contribution in [3.05, 3.63) is 34.6 Å². The predicted octanol–water partition coefficient (Wildman–Crippen LogP) is 1.66. The summed E-state index contributed by atoms with van der Waals surface area (Å²) in [6.07, 6.45) is 2.90. The lowest BCUT2D eigenvalue weighted by Gasteiger charge is -2.45. The van der Waals surface area contributed by atoms with Crippen LogP contribution in [0.3, 0.4) is 0 Å². The standard InChI is InChI=1S/C15H16O4/c1-7-4-10(16)5-9-6-11-12(8(2)14(18)19-11)13(17)15(7,9)3/h5-7,13,17H,4H2,1-3H3/t7-,13+,15+/m0/s1. The Kier molecular flexibility index (Phi) is 2.39. The van der Waals surface area contributed by atoms with Crippen molar-refractivity contribution in [2.24, 2.45) is 11.3 Å². The lowest BCUT2D eigenvalue weighted by Crippen LogP contribution is -2.46. The highest BCUT2D eigenvalue weighted by molar-refractivity contribution is 5.96. The maximum absolute atomic E-state index is 11.7. The van der Waals surface area contributed by atoms with Gasteiger partial charge in [-0.05, 0) is 30.6 Å². The number of hydrogen-bond donors (Lipinski definition) is 1. The van der Waals surface area contributed by atoms with Crippen molar-refractivity contribution in [1.29, 1.82) is 0 Å². The van der Waals surface area contributed by atoms with Gasteiger partial charge in [-0.1, -0.05) is 13.8 Å². The molecular weight excluding hydrogens is 244 g/mol. The van der Waals surface area contributed by atoms with E-state index >= 15 is 0 Å². The Morgan fingerprint density at radius 1 is 1.37 bits per heavy atom. The van der Waals surface area contributed by atoms with E-state index in [2.05, 4.69) is 0 Å². The molecule has 4 heteroatoms. The van der Waals surface area contributed by atoms with E-state index < -0.39 is 17.5 Å². The van der Waals surface area contributed by atoms with Gasteiger partial charge in [0.25, 0.3) is 0 Å². The van der Waals surface area contributed by atoms with Gasteiger partial charge in [0.15, 0.2) is 5.78 Å². The van der Waals surface area contributed by atoms with Crippen LogP contribution < -0.4 is 0 Å². The average molecular weight is 260 g/mol. The second kappa shape index (κ2) is 3.67. The van der Waals surface area contributed by atoms with Crippen LogP contribution in [0.15, 0.2) is 34.6 Å². The Bertz CT molecular complexity index is 593. The Balaban J connectivity index is 2.25. The molecular formula is C15H16O4. The van der Waals surface area contributed by atoms with E-state index in [9.17, 15) is 14.7 Å². The van der Waals surface area contributed by atoms with Gasteiger partial charge in [0.2, 0.25) is 0 Å². The van der Waals surface area contributed by atoms with Gasteiger partial charge in [0.1, 0.15) is 5.76 Å². The molecule has 0 aromatic heterocycles. The zero-order valence-electron chi connectivity index (χ0n) is 11.2. The quantitative estimate of drug-likeness (QED) is 0.673. The molecule has 1 heterocycles. The molecule has 0 bridgehead atoms. The van der Waals surface area contributed by atoms with Crippen molar-refractivity contribution in [3.63, 3.8) is 0 Å². The Morgan fingerprint density at radius 2 is 2.05 bits per heavy atom. The number of aliphatic hydroxyl groups is 1. The van der Waals surface area contributed by atoms with Crippen molar-refractivity contribution in [2.75, 3.05) is 0 Å². The van der Waals surface area contributed by atoms with E-state index in [1.807, 2.05) is 13.8 Å². The van der Waals surface area contributed by atoms with Crippen molar-refractivity contribution >= 4 is 11.8 Å². The Hall–Kier alpha value is -1.68. The number of esters is 1. The van der Waals surface area contributed by atoms with Crippen LogP contribution in [0.25, 0.3) is 0 Å². The van der Waals surface area contributed by atoms with Crippen molar-refractivity contribution in [1.82, 2.24) is 0 Å². The van der Waals surface area contributed by atoms with Crippen LogP contribution in [-0.2, 0) is 14.3 Å². The van der Waals surface area contributed by atoms with E-state index in [1.165, 1.54) is 0 Å². The minimum absolute atomic E-state index is 0.0174. The molecule has 0 unspecified atom stereocenters. The smallest absolute Gasteiger partial charge is 0.339 e. The molecule has 0 aromatic rings. The van der Waals surface area contributed by atoms with Crippen LogP contribution in [0.2, 0.25) is 0 Å². The first-order chi connectivity index (χ1) is 8.85. The van der Waals surface area contributed by atoms with Crippen molar-refractivity contribution in [2.45, 2.75) is 33.3 Å². The van der Waals surface area contributed by atoms with E-state index in [0.29, 0.717) is 23.3 Å². The van der Waals surface area contributed by atoms with E-state index in [4.69, 9.17) is 4.74 Å². The highest BCUT2D eigenvalue weighted by Gasteiger charge is 2.51. The molecule has 100 valence electrons. The summed E-state index contributed by atoms with van der Waals surface area (Å²) in [7, 11) is 0. The van der Waals surface area contributed by atoms with Crippen LogP contribution in [-0.4, -0.2) is 23.0 Å². The molecule has 1 N–H and O–H groups in total. The number of ether oxygens (including phenoxy) is 1. The molecule has 0 radical (unpaired) electrons. The summed E-state index contributed by atoms with van der Waals surface area (Å²) in [6.45, 7) is 5.57. The zero-order valence-corrected chi connectivity index (χ0v) is 11.2. The summed E-state index contributed by atoms with van der Waals surface area (Å²) in [5.74, 6) is 0.0454. The first-order valence-corrected chi connectivity index (χ1v) is 6.43. The third-order valence-electron chi connectivity index (χ3n) is 4.78. The molecule has 0 fully saturated rings. The number of carbonyl (C=O) groups excluding carboxylic acids is 2. The van der Waals surface area contributed by atoms with E-state index in [0.717, 1.165) is 5.57 Å². The fourth-order valence-electron chi connectivity index (χ4n) is 3.22. The van der Waals surface area contributed by atoms with E-state index in [1.54, 1.807) is 19.1 Å². The van der Waals surface area contributed by atoms with Gasteiger partial charge in [-0.25, -0.2) is 4.79 Å². The second-order valence-corrected chi connectivity index (χ2v) is 5.79. The molecule has 0 spiro atoms. The normalized spacial score (nSPS) is 37.5. The molecule has 3 rings (SSSR count). The van der Waals surface area contributed by atoms with Crippen molar-refractivity contribution in [3.8, 4) is 0 Å². The largest absolute Gasteiger partial charge is 0.423 e. The van der Waals surface area contributed by atoms with Gasteiger partial charge in [-0.2, -0.15) is 0 Å². The van der Waals surface area contributed by atoms with Gasteiger partial charge in [0.05, 0.1) is 6.10 Å². The molecule has 1 aliphatic heterocycles. The molecule has 0 aromatic carbocycles. The maximum Gasteiger partial charge on any atom is 0.339 e. The average Bonchev–Trinajstić information content (AvgIpc) is 2.60. The minimum Gasteiger partial charge on any atom is -0.423 e. The summed E-state index contributed by atoms with van der Waals surface area (Å²) in [5, 5.41) is 10.7.